The van der Waals surface area contributed by atoms with Gasteiger partial charge in [-0.3, -0.25) is 0 Å². The van der Waals surface area contributed by atoms with Crippen molar-refractivity contribution in [2.24, 2.45) is 0 Å². The summed E-state index contributed by atoms with van der Waals surface area (Å²) in [7, 11) is 0. The van der Waals surface area contributed by atoms with Gasteiger partial charge in [-0.1, -0.05) is 135 Å². The second-order valence-corrected chi connectivity index (χ2v) is 18.4. The van der Waals surface area contributed by atoms with E-state index in [0.717, 1.165) is 56.1 Å². The normalized spacial score (nSPS) is 13.3. The fourth-order valence-corrected chi connectivity index (χ4v) is 11.6. The third kappa shape index (κ3) is 5.54. The Bertz CT molecular complexity index is 3650. The summed E-state index contributed by atoms with van der Waals surface area (Å²) >= 11 is 1.88. The number of benzene rings is 10. The first-order valence-corrected chi connectivity index (χ1v) is 22.5. The summed E-state index contributed by atoms with van der Waals surface area (Å²) in [6.07, 6.45) is 0. The van der Waals surface area contributed by atoms with Crippen molar-refractivity contribution in [3.05, 3.63) is 217 Å². The Morgan fingerprint density at radius 1 is 0.365 bits per heavy atom. The molecule has 1 aliphatic heterocycles. The van der Waals surface area contributed by atoms with E-state index >= 15 is 0 Å². The standard InChI is InChI=1S/C59H40N2OS/c1-59(2)52-21-11-9-18-44(52)45-29-26-41(34-53(45)59)61(39-16-7-4-8-17-39)43-28-31-48-51-32-37-24-25-40(33-50(37)49-20-13-23-56(58(49)51)63-57(48)36-43)60(38-14-5-3-6-15-38)42-27-30-47-46-19-10-12-22-54(46)62-55(47)35-42/h3-36H,1-2H3. The van der Waals surface area contributed by atoms with Crippen LogP contribution < -0.4 is 9.80 Å². The van der Waals surface area contributed by atoms with Gasteiger partial charge in [-0.15, -0.1) is 0 Å². The van der Waals surface area contributed by atoms with Crippen molar-refractivity contribution in [1.82, 2.24) is 0 Å². The number of hydrogen-bond acceptors (Lipinski definition) is 4. The number of nitrogens with zero attached hydrogens (tertiary/aromatic N) is 2. The van der Waals surface area contributed by atoms with Gasteiger partial charge in [-0.2, -0.15) is 0 Å². The van der Waals surface area contributed by atoms with Crippen LogP contribution in [0.25, 0.3) is 65.7 Å². The first kappa shape index (κ1) is 36.2. The zero-order valence-electron chi connectivity index (χ0n) is 34.8. The van der Waals surface area contributed by atoms with Crippen LogP contribution in [-0.2, 0) is 5.41 Å². The van der Waals surface area contributed by atoms with Crippen molar-refractivity contribution in [3.63, 3.8) is 0 Å². The van der Waals surface area contributed by atoms with E-state index < -0.39 is 0 Å². The van der Waals surface area contributed by atoms with Crippen LogP contribution in [-0.4, -0.2) is 0 Å². The third-order valence-corrected chi connectivity index (χ3v) is 14.5. The average Bonchev–Trinajstić information content (AvgIpc) is 3.81. The van der Waals surface area contributed by atoms with Crippen molar-refractivity contribution < 1.29 is 4.42 Å². The van der Waals surface area contributed by atoms with Crippen LogP contribution in [0.3, 0.4) is 0 Å². The minimum atomic E-state index is -0.0917. The molecule has 0 spiro atoms. The van der Waals surface area contributed by atoms with Crippen LogP contribution in [0.5, 0.6) is 0 Å². The molecule has 2 aliphatic rings. The third-order valence-electron chi connectivity index (χ3n) is 13.4. The first-order chi connectivity index (χ1) is 31.0. The lowest BCUT2D eigenvalue weighted by Crippen LogP contribution is -2.16. The molecule has 0 amide bonds. The Morgan fingerprint density at radius 2 is 0.968 bits per heavy atom. The van der Waals surface area contributed by atoms with Gasteiger partial charge in [0.1, 0.15) is 11.2 Å². The second-order valence-electron chi connectivity index (χ2n) is 17.3. The van der Waals surface area contributed by atoms with Crippen molar-refractivity contribution in [3.8, 4) is 22.3 Å². The van der Waals surface area contributed by atoms with E-state index in [4.69, 9.17) is 4.42 Å². The molecule has 2 heterocycles. The molecule has 10 aromatic carbocycles. The molecule has 11 aromatic rings. The Balaban J connectivity index is 0.928. The highest BCUT2D eigenvalue weighted by atomic mass is 32.2. The van der Waals surface area contributed by atoms with Crippen LogP contribution in [0.2, 0.25) is 0 Å². The smallest absolute Gasteiger partial charge is 0.137 e. The molecule has 298 valence electrons. The van der Waals surface area contributed by atoms with Crippen LogP contribution in [0.4, 0.5) is 34.1 Å². The highest BCUT2D eigenvalue weighted by molar-refractivity contribution is 7.99. The predicted molar refractivity (Wildman–Crippen MR) is 265 cm³/mol. The molecule has 0 radical (unpaired) electrons. The number of furan rings is 1. The minimum Gasteiger partial charge on any atom is -0.456 e. The molecule has 0 unspecified atom stereocenters. The molecule has 0 bridgehead atoms. The highest BCUT2D eigenvalue weighted by Crippen LogP contribution is 2.54. The van der Waals surface area contributed by atoms with Crippen molar-refractivity contribution >= 4 is 89.4 Å². The molecule has 0 N–H and O–H groups in total. The molecule has 0 saturated heterocycles. The Morgan fingerprint density at radius 3 is 1.78 bits per heavy atom. The Kier molecular flexibility index (Phi) is 7.88. The lowest BCUT2D eigenvalue weighted by molar-refractivity contribution is 0.660. The van der Waals surface area contributed by atoms with Gasteiger partial charge in [0, 0.05) is 71.6 Å². The summed E-state index contributed by atoms with van der Waals surface area (Å²) in [5.74, 6) is 0. The molecule has 4 heteroatoms. The van der Waals surface area contributed by atoms with Crippen LogP contribution in [0.1, 0.15) is 25.0 Å². The Labute approximate surface area is 370 Å². The van der Waals surface area contributed by atoms with Crippen molar-refractivity contribution in [1.29, 1.82) is 0 Å². The second kappa shape index (κ2) is 13.7. The van der Waals surface area contributed by atoms with Crippen LogP contribution in [0.15, 0.2) is 220 Å². The summed E-state index contributed by atoms with van der Waals surface area (Å²) in [4.78, 5) is 7.29. The highest BCUT2D eigenvalue weighted by Gasteiger charge is 2.36. The molecule has 3 nitrogen and oxygen atoms in total. The minimum absolute atomic E-state index is 0.0917. The summed E-state index contributed by atoms with van der Waals surface area (Å²) in [6.45, 7) is 4.71. The maximum atomic E-state index is 6.38. The molecule has 0 saturated carbocycles. The van der Waals surface area contributed by atoms with E-state index in [1.807, 2.05) is 23.9 Å². The van der Waals surface area contributed by atoms with Gasteiger partial charge in [0.05, 0.1) is 0 Å². The SMILES string of the molecule is CC1(C)c2ccccc2-c2ccc(N(c3ccccc3)c3ccc4c(c3)Sc3cccc5c3c-4cc3ccc(N(c4ccccc4)c4ccc6c(c4)oc4ccccc46)cc35)cc21. The van der Waals surface area contributed by atoms with Crippen LogP contribution >= 0.6 is 11.8 Å². The molecule has 0 atom stereocenters. The number of anilines is 6. The zero-order chi connectivity index (χ0) is 41.8. The zero-order valence-corrected chi connectivity index (χ0v) is 35.7. The number of rotatable bonds is 6. The molecule has 0 fully saturated rings. The molecule has 13 rings (SSSR count). The summed E-state index contributed by atoms with van der Waals surface area (Å²) in [6, 6.07) is 75.4. The predicted octanol–water partition coefficient (Wildman–Crippen LogP) is 17.3. The van der Waals surface area contributed by atoms with E-state index in [0.29, 0.717) is 0 Å². The summed E-state index contributed by atoms with van der Waals surface area (Å²) < 4.78 is 6.38. The largest absolute Gasteiger partial charge is 0.456 e. The fourth-order valence-electron chi connectivity index (χ4n) is 10.4. The lowest BCUT2D eigenvalue weighted by Gasteiger charge is -2.29. The van der Waals surface area contributed by atoms with E-state index in [-0.39, 0.29) is 5.41 Å². The molecular weight excluding hydrogens is 785 g/mol. The van der Waals surface area contributed by atoms with E-state index in [2.05, 4.69) is 218 Å². The van der Waals surface area contributed by atoms with Crippen molar-refractivity contribution in [2.45, 2.75) is 29.1 Å². The fraction of sp³-hybridized carbons (Fsp3) is 0.0508. The van der Waals surface area contributed by atoms with Gasteiger partial charge in [0.15, 0.2) is 0 Å². The topological polar surface area (TPSA) is 19.6 Å². The number of hydrogen-bond donors (Lipinski definition) is 0. The average molecular weight is 825 g/mol. The van der Waals surface area contributed by atoms with Gasteiger partial charge in [-0.25, -0.2) is 0 Å². The molecule has 1 aliphatic carbocycles. The van der Waals surface area contributed by atoms with Gasteiger partial charge in [-0.05, 0) is 141 Å². The Hall–Kier alpha value is -7.53. The van der Waals surface area contributed by atoms with E-state index in [9.17, 15) is 0 Å². The summed E-state index contributed by atoms with van der Waals surface area (Å²) in [5, 5.41) is 7.28. The number of para-hydroxylation sites is 3. The van der Waals surface area contributed by atoms with Gasteiger partial charge >= 0.3 is 0 Å². The quantitative estimate of drug-likeness (QED) is 0.156. The molecule has 1 aromatic heterocycles. The van der Waals surface area contributed by atoms with E-state index in [1.54, 1.807) is 0 Å². The molecular formula is C59H40N2OS. The van der Waals surface area contributed by atoms with Crippen molar-refractivity contribution in [2.75, 3.05) is 9.80 Å². The van der Waals surface area contributed by atoms with Gasteiger partial charge in [0.25, 0.3) is 0 Å². The van der Waals surface area contributed by atoms with E-state index in [1.165, 1.54) is 64.7 Å². The van der Waals surface area contributed by atoms with Gasteiger partial charge in [0.2, 0.25) is 0 Å². The number of fused-ring (bicyclic) bond motifs is 10. The maximum absolute atomic E-state index is 6.38. The lowest BCUT2D eigenvalue weighted by atomic mass is 9.82. The summed E-state index contributed by atoms with van der Waals surface area (Å²) in [5.41, 5.74) is 16.3. The monoisotopic (exact) mass is 824 g/mol. The van der Waals surface area contributed by atoms with Gasteiger partial charge < -0.3 is 14.2 Å². The molecule has 63 heavy (non-hydrogen) atoms. The van der Waals surface area contributed by atoms with Crippen LogP contribution in [0, 0.1) is 0 Å². The maximum Gasteiger partial charge on any atom is 0.137 e. The first-order valence-electron chi connectivity index (χ1n) is 21.7.